The van der Waals surface area contributed by atoms with E-state index in [0.29, 0.717) is 0 Å². The fourth-order valence-corrected chi connectivity index (χ4v) is 4.54. The van der Waals surface area contributed by atoms with E-state index >= 15 is 0 Å². The second kappa shape index (κ2) is 7.25. The summed E-state index contributed by atoms with van der Waals surface area (Å²) < 4.78 is 0. The molecular formula is C17H23N3O2S. The molecule has 2 aromatic rings. The molecule has 0 fully saturated rings. The first-order valence-corrected chi connectivity index (χ1v) is 9.17. The number of carboxylic acids is 1. The highest BCUT2D eigenvalue weighted by molar-refractivity contribution is 7.19. The number of aliphatic carboxylic acids is 1. The average Bonchev–Trinajstić information content (AvgIpc) is 2.88. The number of anilines is 1. The molecule has 2 heterocycles. The van der Waals surface area contributed by atoms with Crippen LogP contribution in [0.5, 0.6) is 0 Å². The van der Waals surface area contributed by atoms with E-state index in [1.165, 1.54) is 22.2 Å². The largest absolute Gasteiger partial charge is 0.481 e. The van der Waals surface area contributed by atoms with E-state index in [1.54, 1.807) is 6.33 Å². The normalized spacial score (nSPS) is 17.2. The molecule has 2 aromatic heterocycles. The van der Waals surface area contributed by atoms with Gasteiger partial charge in [0.25, 0.3) is 0 Å². The lowest BCUT2D eigenvalue weighted by atomic mass is 9.89. The Labute approximate surface area is 140 Å². The average molecular weight is 333 g/mol. The Hall–Kier alpha value is -1.69. The number of hydrogen-bond donors (Lipinski definition) is 2. The monoisotopic (exact) mass is 333 g/mol. The molecule has 0 saturated carbocycles. The zero-order valence-electron chi connectivity index (χ0n) is 13.5. The number of fused-ring (bicyclic) bond motifs is 3. The van der Waals surface area contributed by atoms with Crippen LogP contribution in [0.4, 0.5) is 5.82 Å². The fraction of sp³-hybridized carbons (Fsp3) is 0.588. The molecule has 1 aliphatic carbocycles. The van der Waals surface area contributed by atoms with Crippen molar-refractivity contribution in [3.63, 3.8) is 0 Å². The minimum Gasteiger partial charge on any atom is -0.481 e. The number of hydrogen-bond acceptors (Lipinski definition) is 5. The molecule has 6 heteroatoms. The molecule has 0 aromatic carbocycles. The van der Waals surface area contributed by atoms with Crippen molar-refractivity contribution in [3.05, 3.63) is 16.8 Å². The van der Waals surface area contributed by atoms with Crippen LogP contribution in [0.3, 0.4) is 0 Å². The van der Waals surface area contributed by atoms with Gasteiger partial charge in [0.1, 0.15) is 17.0 Å². The minimum absolute atomic E-state index is 0.258. The summed E-state index contributed by atoms with van der Waals surface area (Å²) in [5.74, 6) is 0.990. The summed E-state index contributed by atoms with van der Waals surface area (Å²) >= 11 is 1.81. The number of nitrogens with zero attached hydrogens (tertiary/aromatic N) is 2. The van der Waals surface area contributed by atoms with E-state index in [4.69, 9.17) is 5.11 Å². The molecule has 1 aliphatic rings. The number of rotatable bonds is 7. The van der Waals surface area contributed by atoms with Crippen LogP contribution in [0, 0.1) is 5.92 Å². The van der Waals surface area contributed by atoms with Crippen molar-refractivity contribution in [1.82, 2.24) is 9.97 Å². The van der Waals surface area contributed by atoms with Gasteiger partial charge in [0, 0.05) is 17.8 Å². The van der Waals surface area contributed by atoms with Gasteiger partial charge in [-0.25, -0.2) is 9.97 Å². The molecule has 1 unspecified atom stereocenters. The lowest BCUT2D eigenvalue weighted by molar-refractivity contribution is -0.137. The third-order valence-corrected chi connectivity index (χ3v) is 5.61. The van der Waals surface area contributed by atoms with Gasteiger partial charge in [-0.3, -0.25) is 4.79 Å². The second-order valence-electron chi connectivity index (χ2n) is 6.39. The first-order chi connectivity index (χ1) is 11.1. The van der Waals surface area contributed by atoms with Gasteiger partial charge in [-0.2, -0.15) is 0 Å². The number of nitrogens with one attached hydrogen (secondary N) is 1. The van der Waals surface area contributed by atoms with E-state index in [0.717, 1.165) is 55.2 Å². The highest BCUT2D eigenvalue weighted by Crippen LogP contribution is 2.39. The number of aryl methyl sites for hydroxylation is 1. The van der Waals surface area contributed by atoms with Crippen LogP contribution in [0.1, 0.15) is 49.5 Å². The van der Waals surface area contributed by atoms with Gasteiger partial charge >= 0.3 is 5.97 Å². The Bertz CT molecular complexity index is 698. The van der Waals surface area contributed by atoms with Gasteiger partial charge < -0.3 is 10.4 Å². The third kappa shape index (κ3) is 3.80. The molecular weight excluding hydrogens is 310 g/mol. The molecule has 5 nitrogen and oxygen atoms in total. The summed E-state index contributed by atoms with van der Waals surface area (Å²) in [6.07, 6.45) is 8.04. The molecule has 0 saturated heterocycles. The van der Waals surface area contributed by atoms with Crippen LogP contribution < -0.4 is 5.32 Å². The van der Waals surface area contributed by atoms with Crippen LogP contribution >= 0.6 is 11.3 Å². The maximum atomic E-state index is 10.5. The van der Waals surface area contributed by atoms with E-state index in [2.05, 4.69) is 22.2 Å². The molecule has 1 atom stereocenters. The first kappa shape index (κ1) is 16.2. The fourth-order valence-electron chi connectivity index (χ4n) is 3.19. The van der Waals surface area contributed by atoms with Crippen LogP contribution in [-0.4, -0.2) is 27.6 Å². The van der Waals surface area contributed by atoms with E-state index < -0.39 is 5.97 Å². The van der Waals surface area contributed by atoms with Gasteiger partial charge in [-0.1, -0.05) is 13.3 Å². The maximum Gasteiger partial charge on any atom is 0.303 e. The number of aromatic nitrogens is 2. The summed E-state index contributed by atoms with van der Waals surface area (Å²) in [4.78, 5) is 22.0. The molecule has 0 aliphatic heterocycles. The van der Waals surface area contributed by atoms with Crippen molar-refractivity contribution < 1.29 is 9.90 Å². The third-order valence-electron chi connectivity index (χ3n) is 4.45. The SMILES string of the molecule is CC1CCc2c(sc3ncnc(NCCCCCC(=O)O)c23)C1. The number of unbranched alkanes of at least 4 members (excludes halogenated alkanes) is 2. The smallest absolute Gasteiger partial charge is 0.303 e. The van der Waals surface area contributed by atoms with Gasteiger partial charge in [0.2, 0.25) is 0 Å². The zero-order chi connectivity index (χ0) is 16.2. The molecule has 0 bridgehead atoms. The zero-order valence-corrected chi connectivity index (χ0v) is 14.3. The van der Waals surface area contributed by atoms with Gasteiger partial charge in [0.05, 0.1) is 5.39 Å². The molecule has 3 rings (SSSR count). The Morgan fingerprint density at radius 3 is 3.09 bits per heavy atom. The van der Waals surface area contributed by atoms with Crippen molar-refractivity contribution in [2.45, 2.75) is 51.9 Å². The lowest BCUT2D eigenvalue weighted by Crippen LogP contribution is -2.10. The van der Waals surface area contributed by atoms with Crippen LogP contribution in [-0.2, 0) is 17.6 Å². The highest BCUT2D eigenvalue weighted by atomic mass is 32.1. The predicted molar refractivity (Wildman–Crippen MR) is 93.2 cm³/mol. The summed E-state index contributed by atoms with van der Waals surface area (Å²) in [7, 11) is 0. The quantitative estimate of drug-likeness (QED) is 0.752. The Kier molecular flexibility index (Phi) is 5.10. The molecule has 2 N–H and O–H groups in total. The van der Waals surface area contributed by atoms with Crippen LogP contribution in [0.2, 0.25) is 0 Å². The summed E-state index contributed by atoms with van der Waals surface area (Å²) in [6.45, 7) is 3.14. The molecule has 0 amide bonds. The molecule has 0 spiro atoms. The maximum absolute atomic E-state index is 10.5. The summed E-state index contributed by atoms with van der Waals surface area (Å²) in [6, 6.07) is 0. The Morgan fingerprint density at radius 2 is 2.26 bits per heavy atom. The van der Waals surface area contributed by atoms with Crippen molar-refractivity contribution >= 4 is 33.3 Å². The molecule has 124 valence electrons. The topological polar surface area (TPSA) is 75.1 Å². The second-order valence-corrected chi connectivity index (χ2v) is 7.47. The molecule has 0 radical (unpaired) electrons. The first-order valence-electron chi connectivity index (χ1n) is 8.36. The highest BCUT2D eigenvalue weighted by Gasteiger charge is 2.22. The minimum atomic E-state index is -0.713. The van der Waals surface area contributed by atoms with E-state index in [9.17, 15) is 4.79 Å². The molecule has 23 heavy (non-hydrogen) atoms. The van der Waals surface area contributed by atoms with Gasteiger partial charge in [-0.05, 0) is 43.6 Å². The van der Waals surface area contributed by atoms with Crippen molar-refractivity contribution in [1.29, 1.82) is 0 Å². The standard InChI is InChI=1S/C17H23N3O2S/c1-11-6-7-12-13(9-11)23-17-15(12)16(19-10-20-17)18-8-4-2-3-5-14(21)22/h10-11H,2-9H2,1H3,(H,21,22)(H,18,19,20). The van der Waals surface area contributed by atoms with Gasteiger partial charge in [-0.15, -0.1) is 11.3 Å². The van der Waals surface area contributed by atoms with Crippen LogP contribution in [0.25, 0.3) is 10.2 Å². The Morgan fingerprint density at radius 1 is 1.39 bits per heavy atom. The van der Waals surface area contributed by atoms with Crippen LogP contribution in [0.15, 0.2) is 6.33 Å². The number of carbonyl (C=O) groups is 1. The summed E-state index contributed by atoms with van der Waals surface area (Å²) in [5.41, 5.74) is 1.44. The predicted octanol–water partition coefficient (Wildman–Crippen LogP) is 3.87. The van der Waals surface area contributed by atoms with Crippen molar-refractivity contribution in [2.75, 3.05) is 11.9 Å². The van der Waals surface area contributed by atoms with E-state index in [1.807, 2.05) is 11.3 Å². The Balaban J connectivity index is 1.66. The number of carboxylic acid groups (broad SMARTS) is 1. The van der Waals surface area contributed by atoms with Gasteiger partial charge in [0.15, 0.2) is 0 Å². The lowest BCUT2D eigenvalue weighted by Gasteiger charge is -2.18. The van der Waals surface area contributed by atoms with E-state index in [-0.39, 0.29) is 6.42 Å². The summed E-state index contributed by atoms with van der Waals surface area (Å²) in [5, 5.41) is 13.3. The number of thiophene rings is 1. The van der Waals surface area contributed by atoms with Crippen molar-refractivity contribution in [3.8, 4) is 0 Å². The van der Waals surface area contributed by atoms with Crippen molar-refractivity contribution in [2.24, 2.45) is 5.92 Å².